The molecule has 4 rings (SSSR count). The van der Waals surface area contributed by atoms with Crippen molar-refractivity contribution in [2.75, 3.05) is 29.6 Å². The van der Waals surface area contributed by atoms with E-state index in [1.165, 1.54) is 0 Å². The van der Waals surface area contributed by atoms with Crippen molar-refractivity contribution in [1.29, 1.82) is 0 Å². The Morgan fingerprint density at radius 1 is 0.931 bits per heavy atom. The van der Waals surface area contributed by atoms with E-state index in [2.05, 4.69) is 29.3 Å². The summed E-state index contributed by atoms with van der Waals surface area (Å²) in [6, 6.07) is 14.6. The van der Waals surface area contributed by atoms with Gasteiger partial charge in [-0.25, -0.2) is 9.97 Å². The second-order valence-electron chi connectivity index (χ2n) is 6.68. The third kappa shape index (κ3) is 4.30. The van der Waals surface area contributed by atoms with Crippen LogP contribution in [0.15, 0.2) is 48.5 Å². The zero-order chi connectivity index (χ0) is 20.4. The van der Waals surface area contributed by atoms with Crippen LogP contribution in [0, 0.1) is 6.92 Å². The molecule has 0 unspecified atom stereocenters. The molecule has 9 heteroatoms. The van der Waals surface area contributed by atoms with Gasteiger partial charge in [-0.1, -0.05) is 0 Å². The fourth-order valence-corrected chi connectivity index (χ4v) is 3.27. The average Bonchev–Trinajstić information content (AvgIpc) is 3.17. The molecule has 0 aliphatic carbocycles. The SMILES string of the molecule is Cc1nc(Nc2ccc(NC(=O)c3ccc4nsnc4c3)cc2)cc(N(C)C)n1. The molecular formula is C20H19N7OS. The molecule has 146 valence electrons. The number of benzene rings is 2. The first-order chi connectivity index (χ1) is 14.0. The quantitative estimate of drug-likeness (QED) is 0.520. The third-order valence-corrected chi connectivity index (χ3v) is 4.77. The smallest absolute Gasteiger partial charge is 0.255 e. The monoisotopic (exact) mass is 405 g/mol. The van der Waals surface area contributed by atoms with Gasteiger partial charge in [0.25, 0.3) is 5.91 Å². The van der Waals surface area contributed by atoms with Crippen molar-refractivity contribution >= 4 is 51.7 Å². The largest absolute Gasteiger partial charge is 0.363 e. The van der Waals surface area contributed by atoms with Crippen LogP contribution in [0.2, 0.25) is 0 Å². The molecule has 2 N–H and O–H groups in total. The highest BCUT2D eigenvalue weighted by Gasteiger charge is 2.09. The van der Waals surface area contributed by atoms with Gasteiger partial charge in [0, 0.05) is 37.1 Å². The van der Waals surface area contributed by atoms with Crippen LogP contribution >= 0.6 is 11.7 Å². The molecule has 2 aromatic heterocycles. The first-order valence-corrected chi connectivity index (χ1v) is 9.65. The van der Waals surface area contributed by atoms with E-state index in [0.29, 0.717) is 22.9 Å². The summed E-state index contributed by atoms with van der Waals surface area (Å²) in [5.41, 5.74) is 3.62. The van der Waals surface area contributed by atoms with Gasteiger partial charge in [0.05, 0.1) is 11.7 Å². The van der Waals surface area contributed by atoms with Crippen LogP contribution in [0.3, 0.4) is 0 Å². The number of hydrogen-bond donors (Lipinski definition) is 2. The highest BCUT2D eigenvalue weighted by molar-refractivity contribution is 7.00. The lowest BCUT2D eigenvalue weighted by molar-refractivity contribution is 0.102. The van der Waals surface area contributed by atoms with Crippen molar-refractivity contribution in [2.45, 2.75) is 6.92 Å². The molecule has 0 spiro atoms. The molecular weight excluding hydrogens is 386 g/mol. The lowest BCUT2D eigenvalue weighted by Gasteiger charge is -2.14. The lowest BCUT2D eigenvalue weighted by atomic mass is 10.2. The zero-order valence-corrected chi connectivity index (χ0v) is 17.0. The van der Waals surface area contributed by atoms with Crippen molar-refractivity contribution in [2.24, 2.45) is 0 Å². The summed E-state index contributed by atoms with van der Waals surface area (Å²) in [7, 11) is 3.87. The number of anilines is 4. The summed E-state index contributed by atoms with van der Waals surface area (Å²) in [4.78, 5) is 23.2. The van der Waals surface area contributed by atoms with E-state index in [9.17, 15) is 4.79 Å². The van der Waals surface area contributed by atoms with Gasteiger partial charge >= 0.3 is 0 Å². The number of rotatable bonds is 5. The fourth-order valence-electron chi connectivity index (χ4n) is 2.76. The van der Waals surface area contributed by atoms with Gasteiger partial charge in [-0.2, -0.15) is 8.75 Å². The minimum Gasteiger partial charge on any atom is -0.363 e. The van der Waals surface area contributed by atoms with Crippen LogP contribution in [0.25, 0.3) is 11.0 Å². The highest BCUT2D eigenvalue weighted by Crippen LogP contribution is 2.21. The first kappa shape index (κ1) is 18.8. The van der Waals surface area contributed by atoms with Gasteiger partial charge in [0.1, 0.15) is 28.5 Å². The lowest BCUT2D eigenvalue weighted by Crippen LogP contribution is -2.12. The Bertz CT molecular complexity index is 1170. The van der Waals surface area contributed by atoms with Crippen molar-refractivity contribution < 1.29 is 4.79 Å². The summed E-state index contributed by atoms with van der Waals surface area (Å²) in [6.45, 7) is 1.86. The second kappa shape index (κ2) is 7.80. The number of fused-ring (bicyclic) bond motifs is 1. The Balaban J connectivity index is 1.45. The third-order valence-electron chi connectivity index (χ3n) is 4.21. The summed E-state index contributed by atoms with van der Waals surface area (Å²) >= 11 is 1.13. The molecule has 2 aromatic carbocycles. The van der Waals surface area contributed by atoms with E-state index < -0.39 is 0 Å². The maximum absolute atomic E-state index is 12.5. The maximum Gasteiger partial charge on any atom is 0.255 e. The Kier molecular flexibility index (Phi) is 5.05. The number of nitrogens with zero attached hydrogens (tertiary/aromatic N) is 5. The zero-order valence-electron chi connectivity index (χ0n) is 16.2. The van der Waals surface area contributed by atoms with E-state index in [1.807, 2.05) is 56.3 Å². The molecule has 0 aliphatic rings. The molecule has 4 aromatic rings. The molecule has 29 heavy (non-hydrogen) atoms. The van der Waals surface area contributed by atoms with Crippen LogP contribution in [0.5, 0.6) is 0 Å². The number of aromatic nitrogens is 4. The molecule has 0 aliphatic heterocycles. The van der Waals surface area contributed by atoms with E-state index >= 15 is 0 Å². The van der Waals surface area contributed by atoms with E-state index in [4.69, 9.17) is 0 Å². The van der Waals surface area contributed by atoms with Crippen LogP contribution in [0.4, 0.5) is 23.0 Å². The number of carbonyl (C=O) groups excluding carboxylic acids is 1. The molecule has 0 saturated heterocycles. The number of nitrogens with one attached hydrogen (secondary N) is 2. The standard InChI is InChI=1S/C20H19N7OS/c1-12-21-18(11-19(22-12)27(2)3)23-14-5-7-15(8-6-14)24-20(28)13-4-9-16-17(10-13)26-29-25-16/h4-11H,1-3H3,(H,24,28)(H,21,22,23). The number of hydrogen-bond acceptors (Lipinski definition) is 8. The normalized spacial score (nSPS) is 10.7. The minimum absolute atomic E-state index is 0.192. The predicted molar refractivity (Wildman–Crippen MR) is 116 cm³/mol. The van der Waals surface area contributed by atoms with Gasteiger partial charge in [-0.05, 0) is 49.4 Å². The van der Waals surface area contributed by atoms with Gasteiger partial charge in [0.2, 0.25) is 0 Å². The minimum atomic E-state index is -0.192. The molecule has 0 radical (unpaired) electrons. The molecule has 0 bridgehead atoms. The first-order valence-electron chi connectivity index (χ1n) is 8.92. The van der Waals surface area contributed by atoms with Crippen molar-refractivity contribution in [3.63, 3.8) is 0 Å². The Labute approximate surface area is 172 Å². The van der Waals surface area contributed by atoms with Crippen molar-refractivity contribution in [3.05, 3.63) is 59.9 Å². The summed E-state index contributed by atoms with van der Waals surface area (Å²) in [5.74, 6) is 2.04. The van der Waals surface area contributed by atoms with Gasteiger partial charge in [-0.15, -0.1) is 0 Å². The van der Waals surface area contributed by atoms with Crippen LogP contribution in [-0.2, 0) is 0 Å². The maximum atomic E-state index is 12.5. The topological polar surface area (TPSA) is 95.9 Å². The molecule has 1 amide bonds. The van der Waals surface area contributed by atoms with Crippen molar-refractivity contribution in [1.82, 2.24) is 18.7 Å². The van der Waals surface area contributed by atoms with Gasteiger partial charge < -0.3 is 15.5 Å². The van der Waals surface area contributed by atoms with Gasteiger partial charge in [0.15, 0.2) is 0 Å². The predicted octanol–water partition coefficient (Wildman–Crippen LogP) is 3.85. The van der Waals surface area contributed by atoms with E-state index in [-0.39, 0.29) is 5.91 Å². The van der Waals surface area contributed by atoms with Crippen LogP contribution < -0.4 is 15.5 Å². The van der Waals surface area contributed by atoms with Crippen LogP contribution in [0.1, 0.15) is 16.2 Å². The number of amides is 1. The van der Waals surface area contributed by atoms with E-state index in [0.717, 1.165) is 34.3 Å². The van der Waals surface area contributed by atoms with Gasteiger partial charge in [-0.3, -0.25) is 4.79 Å². The van der Waals surface area contributed by atoms with Crippen LogP contribution in [-0.4, -0.2) is 38.7 Å². The summed E-state index contributed by atoms with van der Waals surface area (Å²) < 4.78 is 8.32. The number of aryl methyl sites for hydroxylation is 1. The average molecular weight is 405 g/mol. The Hall–Kier alpha value is -3.59. The molecule has 0 saturated carbocycles. The molecule has 0 fully saturated rings. The summed E-state index contributed by atoms with van der Waals surface area (Å²) in [5, 5.41) is 6.16. The van der Waals surface area contributed by atoms with Crippen molar-refractivity contribution in [3.8, 4) is 0 Å². The Morgan fingerprint density at radius 2 is 1.66 bits per heavy atom. The molecule has 0 atom stereocenters. The summed E-state index contributed by atoms with van der Waals surface area (Å²) in [6.07, 6.45) is 0. The molecule has 8 nitrogen and oxygen atoms in total. The highest BCUT2D eigenvalue weighted by atomic mass is 32.1. The van der Waals surface area contributed by atoms with E-state index in [1.54, 1.807) is 18.2 Å². The fraction of sp³-hybridized carbons (Fsp3) is 0.150. The number of carbonyl (C=O) groups is 1. The Morgan fingerprint density at radius 3 is 2.41 bits per heavy atom. The second-order valence-corrected chi connectivity index (χ2v) is 7.21. The molecule has 2 heterocycles.